The van der Waals surface area contributed by atoms with Crippen molar-refractivity contribution in [3.05, 3.63) is 191 Å². The van der Waals surface area contributed by atoms with Crippen LogP contribution in [0.25, 0.3) is 28.1 Å². The lowest BCUT2D eigenvalue weighted by molar-refractivity contribution is 0.309. The van der Waals surface area contributed by atoms with E-state index in [1.54, 1.807) is 0 Å². The molecule has 3 heterocycles. The molecule has 0 aliphatic heterocycles. The molecular weight excluding hydrogens is 628 g/mol. The van der Waals surface area contributed by atoms with E-state index in [1.165, 1.54) is 0 Å². The molecule has 0 unspecified atom stereocenters. The molecule has 0 amide bonds. The number of benzene rings is 5. The second-order valence-electron chi connectivity index (χ2n) is 11.9. The summed E-state index contributed by atoms with van der Waals surface area (Å²) in [6, 6.07) is 51.2. The molecule has 5 aromatic carbocycles. The summed E-state index contributed by atoms with van der Waals surface area (Å²) in [5, 5.41) is 15.2. The van der Waals surface area contributed by atoms with Crippen LogP contribution in [-0.2, 0) is 12.1 Å². The van der Waals surface area contributed by atoms with Gasteiger partial charge in [-0.2, -0.15) is 0 Å². The number of para-hydroxylation sites is 1. The molecule has 0 saturated heterocycles. The zero-order chi connectivity index (χ0) is 33.2. The Kier molecular flexibility index (Phi) is 7.95. The van der Waals surface area contributed by atoms with E-state index < -0.39 is 5.54 Å². The average molecular weight is 659 g/mol. The van der Waals surface area contributed by atoms with E-state index >= 15 is 0 Å². The topological polar surface area (TPSA) is 70.7 Å². The van der Waals surface area contributed by atoms with E-state index in [1.807, 2.05) is 113 Å². The predicted octanol–water partition coefficient (Wildman–Crippen LogP) is 9.06. The summed E-state index contributed by atoms with van der Waals surface area (Å²) in [6.07, 6.45) is 1.89. The maximum absolute atomic E-state index is 6.74. The Hall–Kier alpha value is -6.05. The molecule has 0 fully saturated rings. The molecule has 0 spiro atoms. The van der Waals surface area contributed by atoms with Crippen LogP contribution in [0, 0.1) is 6.92 Å². The molecule has 8 heteroatoms. The second kappa shape index (κ2) is 12.9. The van der Waals surface area contributed by atoms with Crippen molar-refractivity contribution in [3.63, 3.8) is 0 Å². The Morgan fingerprint density at radius 2 is 1.29 bits per heavy atom. The van der Waals surface area contributed by atoms with Gasteiger partial charge in [0.05, 0.1) is 16.2 Å². The Labute approximate surface area is 289 Å². The molecule has 49 heavy (non-hydrogen) atoms. The quantitative estimate of drug-likeness (QED) is 0.145. The SMILES string of the molecule is Cc1cc(OCc2ccc(-n3cc(Cl)cc3-c3nnnn3C(c3ccccc3)(c3ccccc3)c3ccccc3)cc2)c2ccccc2n1. The van der Waals surface area contributed by atoms with E-state index in [0.29, 0.717) is 17.5 Å². The van der Waals surface area contributed by atoms with Gasteiger partial charge in [0.25, 0.3) is 0 Å². The highest BCUT2D eigenvalue weighted by Crippen LogP contribution is 2.42. The van der Waals surface area contributed by atoms with Crippen LogP contribution in [0.5, 0.6) is 5.75 Å². The van der Waals surface area contributed by atoms with Crippen molar-refractivity contribution in [3.8, 4) is 23.0 Å². The number of pyridine rings is 1. The minimum atomic E-state index is -0.888. The third-order valence-corrected chi connectivity index (χ3v) is 9.00. The van der Waals surface area contributed by atoms with Gasteiger partial charge in [-0.1, -0.05) is 127 Å². The Morgan fingerprint density at radius 1 is 0.694 bits per heavy atom. The van der Waals surface area contributed by atoms with E-state index in [0.717, 1.165) is 56.0 Å². The van der Waals surface area contributed by atoms with Crippen molar-refractivity contribution < 1.29 is 4.74 Å². The summed E-state index contributed by atoms with van der Waals surface area (Å²) < 4.78 is 10.2. The molecule has 0 aliphatic rings. The normalized spacial score (nSPS) is 11.6. The fraction of sp³-hybridized carbons (Fsp3) is 0.0732. The highest BCUT2D eigenvalue weighted by atomic mass is 35.5. The summed E-state index contributed by atoms with van der Waals surface area (Å²) in [6.45, 7) is 2.40. The molecule has 7 nitrogen and oxygen atoms in total. The van der Waals surface area contributed by atoms with Gasteiger partial charge in [-0.25, -0.2) is 4.68 Å². The lowest BCUT2D eigenvalue weighted by Gasteiger charge is -2.36. The number of ether oxygens (including phenoxy) is 1. The lowest BCUT2D eigenvalue weighted by atomic mass is 9.77. The van der Waals surface area contributed by atoms with E-state index in [2.05, 4.69) is 76.0 Å². The van der Waals surface area contributed by atoms with Gasteiger partial charge in [0.2, 0.25) is 5.82 Å². The van der Waals surface area contributed by atoms with Crippen LogP contribution in [0.4, 0.5) is 0 Å². The zero-order valence-electron chi connectivity index (χ0n) is 26.7. The van der Waals surface area contributed by atoms with Crippen LogP contribution >= 0.6 is 11.6 Å². The summed E-state index contributed by atoms with van der Waals surface area (Å²) in [7, 11) is 0. The van der Waals surface area contributed by atoms with Crippen molar-refractivity contribution in [1.82, 2.24) is 29.8 Å². The first-order chi connectivity index (χ1) is 24.1. The largest absolute Gasteiger partial charge is 0.488 e. The van der Waals surface area contributed by atoms with Crippen molar-refractivity contribution in [2.75, 3.05) is 0 Å². The molecule has 0 saturated carbocycles. The molecule has 8 rings (SSSR count). The second-order valence-corrected chi connectivity index (χ2v) is 12.3. The molecule has 238 valence electrons. The molecule has 0 bridgehead atoms. The van der Waals surface area contributed by atoms with Crippen molar-refractivity contribution in [1.29, 1.82) is 0 Å². The van der Waals surface area contributed by atoms with Gasteiger partial charge in [-0.15, -0.1) is 5.10 Å². The van der Waals surface area contributed by atoms with Crippen molar-refractivity contribution in [2.45, 2.75) is 19.1 Å². The number of aromatic nitrogens is 6. The molecule has 0 atom stereocenters. The highest BCUT2D eigenvalue weighted by molar-refractivity contribution is 6.30. The maximum Gasteiger partial charge on any atom is 0.200 e. The number of aryl methyl sites for hydroxylation is 1. The summed E-state index contributed by atoms with van der Waals surface area (Å²) in [5.41, 5.74) is 6.71. The minimum Gasteiger partial charge on any atom is -0.488 e. The van der Waals surface area contributed by atoms with E-state index in [-0.39, 0.29) is 0 Å². The first-order valence-corrected chi connectivity index (χ1v) is 16.4. The third kappa shape index (κ3) is 5.54. The van der Waals surface area contributed by atoms with Crippen LogP contribution < -0.4 is 4.74 Å². The first kappa shape index (κ1) is 30.3. The Bertz CT molecular complexity index is 2260. The molecule has 0 radical (unpaired) electrons. The summed E-state index contributed by atoms with van der Waals surface area (Å²) in [5.74, 6) is 1.38. The first-order valence-electron chi connectivity index (χ1n) is 16.0. The van der Waals surface area contributed by atoms with Gasteiger partial charge >= 0.3 is 0 Å². The molecule has 0 N–H and O–H groups in total. The molecule has 0 aliphatic carbocycles. The van der Waals surface area contributed by atoms with Gasteiger partial charge in [0.15, 0.2) is 0 Å². The smallest absolute Gasteiger partial charge is 0.200 e. The highest BCUT2D eigenvalue weighted by Gasteiger charge is 2.42. The standard InChI is InChI=1S/C41H31ClN6O/c1-29-25-39(36-19-11-12-20-37(36)43-29)49-28-30-21-23-35(24-22-30)47-27-34(42)26-38(47)40-44-45-46-48(40)41(31-13-5-2-6-14-31,32-15-7-3-8-16-32)33-17-9-4-10-18-33/h2-27H,28H2,1H3. The van der Waals surface area contributed by atoms with Crippen molar-refractivity contribution in [2.24, 2.45) is 0 Å². The van der Waals surface area contributed by atoms with Crippen LogP contribution in [-0.4, -0.2) is 29.8 Å². The van der Waals surface area contributed by atoms with Crippen molar-refractivity contribution >= 4 is 22.5 Å². The number of rotatable bonds is 9. The van der Waals surface area contributed by atoms with Gasteiger partial charge in [-0.3, -0.25) is 4.98 Å². The summed E-state index contributed by atoms with van der Waals surface area (Å²) >= 11 is 6.74. The van der Waals surface area contributed by atoms with E-state index in [9.17, 15) is 0 Å². The van der Waals surface area contributed by atoms with Gasteiger partial charge in [-0.05, 0) is 69.9 Å². The molecule has 8 aromatic rings. The fourth-order valence-corrected chi connectivity index (χ4v) is 6.80. The molecule has 3 aromatic heterocycles. The van der Waals surface area contributed by atoms with Crippen LogP contribution in [0.15, 0.2) is 158 Å². The number of halogens is 1. The van der Waals surface area contributed by atoms with Gasteiger partial charge < -0.3 is 9.30 Å². The van der Waals surface area contributed by atoms with E-state index in [4.69, 9.17) is 21.6 Å². The van der Waals surface area contributed by atoms with Crippen LogP contribution in [0.2, 0.25) is 5.02 Å². The van der Waals surface area contributed by atoms with Gasteiger partial charge in [0.1, 0.15) is 17.9 Å². The molecular formula is C41H31ClN6O. The lowest BCUT2D eigenvalue weighted by Crippen LogP contribution is -2.39. The predicted molar refractivity (Wildman–Crippen MR) is 193 cm³/mol. The zero-order valence-corrected chi connectivity index (χ0v) is 27.4. The Balaban J connectivity index is 1.20. The Morgan fingerprint density at radius 3 is 1.92 bits per heavy atom. The minimum absolute atomic E-state index is 0.416. The maximum atomic E-state index is 6.74. The number of fused-ring (bicyclic) bond motifs is 1. The number of tetrazole rings is 1. The van der Waals surface area contributed by atoms with Crippen LogP contribution in [0.3, 0.4) is 0 Å². The van der Waals surface area contributed by atoms with Crippen LogP contribution in [0.1, 0.15) is 27.9 Å². The number of hydrogen-bond acceptors (Lipinski definition) is 5. The monoisotopic (exact) mass is 658 g/mol. The number of nitrogens with zero attached hydrogens (tertiary/aromatic N) is 6. The average Bonchev–Trinajstić information content (AvgIpc) is 3.79. The van der Waals surface area contributed by atoms with Gasteiger partial charge in [0, 0.05) is 29.0 Å². The summed E-state index contributed by atoms with van der Waals surface area (Å²) in [4.78, 5) is 4.63. The number of hydrogen-bond donors (Lipinski definition) is 0. The third-order valence-electron chi connectivity index (χ3n) is 8.79. The fourth-order valence-electron chi connectivity index (χ4n) is 6.60.